The maximum absolute atomic E-state index is 12.7. The Labute approximate surface area is 164 Å². The van der Waals surface area contributed by atoms with Crippen LogP contribution < -0.4 is 10.1 Å². The molecule has 5 heteroatoms. The van der Waals surface area contributed by atoms with E-state index < -0.39 is 0 Å². The molecule has 0 bridgehead atoms. The third-order valence-electron chi connectivity index (χ3n) is 5.02. The van der Waals surface area contributed by atoms with E-state index in [1.165, 1.54) is 5.57 Å². The van der Waals surface area contributed by atoms with Crippen molar-refractivity contribution < 1.29 is 9.53 Å². The van der Waals surface area contributed by atoms with Gasteiger partial charge in [-0.15, -0.1) is 0 Å². The van der Waals surface area contributed by atoms with Gasteiger partial charge in [-0.3, -0.25) is 9.79 Å². The second-order valence-corrected chi connectivity index (χ2v) is 7.04. The standard InChI is InChI=1S/C23H23N3O2/c1-15-10-18(8-9-24-15)17-6-7-20-21(14-25-22(20)12-17)23(27)26-13-16-4-3-5-19(11-16)28-2/h3-9,11-12,14-15,25H,10,13H2,1-2H3,(H,26,27). The third kappa shape index (κ3) is 3.69. The van der Waals surface area contributed by atoms with Crippen molar-refractivity contribution in [1.29, 1.82) is 0 Å². The van der Waals surface area contributed by atoms with Crippen LogP contribution >= 0.6 is 0 Å². The fourth-order valence-corrected chi connectivity index (χ4v) is 3.51. The van der Waals surface area contributed by atoms with Crippen LogP contribution in [0.2, 0.25) is 0 Å². The third-order valence-corrected chi connectivity index (χ3v) is 5.02. The van der Waals surface area contributed by atoms with E-state index >= 15 is 0 Å². The number of hydrogen-bond donors (Lipinski definition) is 2. The van der Waals surface area contributed by atoms with Crippen molar-refractivity contribution >= 4 is 28.6 Å². The molecule has 28 heavy (non-hydrogen) atoms. The number of aliphatic imine (C=N–C) groups is 1. The van der Waals surface area contributed by atoms with Crippen LogP contribution in [0, 0.1) is 0 Å². The first kappa shape index (κ1) is 18.0. The van der Waals surface area contributed by atoms with Gasteiger partial charge in [-0.2, -0.15) is 0 Å². The average molecular weight is 373 g/mol. The molecule has 0 aliphatic carbocycles. The number of ether oxygens (including phenoxy) is 1. The fraction of sp³-hybridized carbons (Fsp3) is 0.217. The highest BCUT2D eigenvalue weighted by atomic mass is 16.5. The van der Waals surface area contributed by atoms with Gasteiger partial charge in [0.05, 0.1) is 18.7 Å². The summed E-state index contributed by atoms with van der Waals surface area (Å²) in [6.45, 7) is 2.56. The van der Waals surface area contributed by atoms with Gasteiger partial charge in [0, 0.05) is 29.9 Å². The largest absolute Gasteiger partial charge is 0.497 e. The van der Waals surface area contributed by atoms with Crippen LogP contribution in [-0.4, -0.2) is 30.3 Å². The van der Waals surface area contributed by atoms with Crippen molar-refractivity contribution in [2.24, 2.45) is 4.99 Å². The lowest BCUT2D eigenvalue weighted by atomic mass is 9.96. The SMILES string of the molecule is COc1cccc(CNC(=O)c2c[nH]c3cc(C4=CC=NC(C)C4)ccc23)c1. The monoisotopic (exact) mass is 373 g/mol. The summed E-state index contributed by atoms with van der Waals surface area (Å²) >= 11 is 0. The maximum Gasteiger partial charge on any atom is 0.253 e. The second kappa shape index (κ2) is 7.72. The van der Waals surface area contributed by atoms with Crippen LogP contribution in [0.15, 0.2) is 59.7 Å². The normalized spacial score (nSPS) is 16.1. The van der Waals surface area contributed by atoms with E-state index in [4.69, 9.17) is 4.74 Å². The Bertz CT molecular complexity index is 1080. The minimum Gasteiger partial charge on any atom is -0.497 e. The zero-order valence-corrected chi connectivity index (χ0v) is 16.0. The molecule has 2 N–H and O–H groups in total. The first-order valence-electron chi connectivity index (χ1n) is 9.39. The number of hydrogen-bond acceptors (Lipinski definition) is 3. The summed E-state index contributed by atoms with van der Waals surface area (Å²) in [5, 5.41) is 3.91. The molecule has 2 aromatic carbocycles. The number of allylic oxidation sites excluding steroid dienone is 1. The molecule has 0 saturated carbocycles. The Morgan fingerprint density at radius 1 is 1.29 bits per heavy atom. The molecule has 2 heterocycles. The molecule has 1 aliphatic rings. The number of H-pyrrole nitrogens is 1. The molecule has 3 aromatic rings. The zero-order valence-electron chi connectivity index (χ0n) is 16.0. The zero-order chi connectivity index (χ0) is 19.5. The number of rotatable bonds is 5. The Morgan fingerprint density at radius 2 is 2.18 bits per heavy atom. The number of methoxy groups -OCH3 is 1. The van der Waals surface area contributed by atoms with E-state index in [-0.39, 0.29) is 5.91 Å². The summed E-state index contributed by atoms with van der Waals surface area (Å²) in [6, 6.07) is 14.2. The minimum absolute atomic E-state index is 0.0977. The summed E-state index contributed by atoms with van der Waals surface area (Å²) in [7, 11) is 1.63. The predicted octanol–water partition coefficient (Wildman–Crippen LogP) is 4.35. The quantitative estimate of drug-likeness (QED) is 0.698. The van der Waals surface area contributed by atoms with Gasteiger partial charge in [-0.25, -0.2) is 0 Å². The lowest BCUT2D eigenvalue weighted by Crippen LogP contribution is -2.22. The molecule has 5 nitrogen and oxygen atoms in total. The summed E-state index contributed by atoms with van der Waals surface area (Å²) in [6.07, 6.45) is 6.64. The number of fused-ring (bicyclic) bond motifs is 1. The number of aromatic nitrogens is 1. The van der Waals surface area contributed by atoms with Crippen molar-refractivity contribution in [3.8, 4) is 5.75 Å². The molecule has 142 valence electrons. The van der Waals surface area contributed by atoms with Crippen LogP contribution in [0.1, 0.15) is 34.8 Å². The molecule has 1 amide bonds. The maximum atomic E-state index is 12.7. The molecule has 1 unspecified atom stereocenters. The fourth-order valence-electron chi connectivity index (χ4n) is 3.51. The average Bonchev–Trinajstić information content (AvgIpc) is 3.15. The van der Waals surface area contributed by atoms with Gasteiger partial charge in [-0.05, 0) is 54.3 Å². The Balaban J connectivity index is 1.51. The van der Waals surface area contributed by atoms with Crippen molar-refractivity contribution in [3.63, 3.8) is 0 Å². The van der Waals surface area contributed by atoms with Gasteiger partial charge in [0.15, 0.2) is 0 Å². The van der Waals surface area contributed by atoms with E-state index in [9.17, 15) is 4.79 Å². The minimum atomic E-state index is -0.0977. The van der Waals surface area contributed by atoms with E-state index in [0.29, 0.717) is 18.2 Å². The number of benzene rings is 2. The van der Waals surface area contributed by atoms with Gasteiger partial charge in [0.2, 0.25) is 0 Å². The number of dihydropyridines is 1. The first-order chi connectivity index (χ1) is 13.6. The molecule has 1 atom stereocenters. The highest BCUT2D eigenvalue weighted by molar-refractivity contribution is 6.07. The number of nitrogens with zero attached hydrogens (tertiary/aromatic N) is 1. The number of carbonyl (C=O) groups is 1. The van der Waals surface area contributed by atoms with E-state index in [1.807, 2.05) is 36.5 Å². The number of amides is 1. The van der Waals surface area contributed by atoms with Gasteiger partial charge in [-0.1, -0.05) is 24.3 Å². The Hall–Kier alpha value is -3.34. The van der Waals surface area contributed by atoms with Gasteiger partial charge in [0.1, 0.15) is 5.75 Å². The summed E-state index contributed by atoms with van der Waals surface area (Å²) in [5.74, 6) is 0.683. The number of aromatic amines is 1. The lowest BCUT2D eigenvalue weighted by Gasteiger charge is -2.14. The van der Waals surface area contributed by atoms with Crippen LogP contribution in [0.4, 0.5) is 0 Å². The summed E-state index contributed by atoms with van der Waals surface area (Å²) in [5.41, 5.74) is 5.03. The van der Waals surface area contributed by atoms with Crippen molar-refractivity contribution in [2.75, 3.05) is 7.11 Å². The van der Waals surface area contributed by atoms with Crippen molar-refractivity contribution in [2.45, 2.75) is 25.9 Å². The van der Waals surface area contributed by atoms with E-state index in [0.717, 1.165) is 34.2 Å². The molecule has 0 saturated heterocycles. The van der Waals surface area contributed by atoms with Crippen molar-refractivity contribution in [3.05, 3.63) is 71.4 Å². The van der Waals surface area contributed by atoms with E-state index in [1.54, 1.807) is 13.3 Å². The predicted molar refractivity (Wildman–Crippen MR) is 113 cm³/mol. The summed E-state index contributed by atoms with van der Waals surface area (Å²) in [4.78, 5) is 20.3. The molecule has 0 radical (unpaired) electrons. The lowest BCUT2D eigenvalue weighted by molar-refractivity contribution is 0.0952. The topological polar surface area (TPSA) is 66.5 Å². The van der Waals surface area contributed by atoms with Crippen LogP contribution in [0.3, 0.4) is 0 Å². The Morgan fingerprint density at radius 3 is 3.00 bits per heavy atom. The smallest absolute Gasteiger partial charge is 0.253 e. The highest BCUT2D eigenvalue weighted by Gasteiger charge is 2.14. The number of carbonyl (C=O) groups excluding carboxylic acids is 1. The summed E-state index contributed by atoms with van der Waals surface area (Å²) < 4.78 is 5.23. The van der Waals surface area contributed by atoms with Gasteiger partial charge in [0.25, 0.3) is 5.91 Å². The van der Waals surface area contributed by atoms with Gasteiger partial charge < -0.3 is 15.0 Å². The molecular weight excluding hydrogens is 350 g/mol. The highest BCUT2D eigenvalue weighted by Crippen LogP contribution is 2.27. The van der Waals surface area contributed by atoms with Crippen molar-refractivity contribution in [1.82, 2.24) is 10.3 Å². The molecule has 1 aromatic heterocycles. The van der Waals surface area contributed by atoms with Crippen LogP contribution in [0.5, 0.6) is 5.75 Å². The second-order valence-electron chi connectivity index (χ2n) is 7.04. The molecular formula is C23H23N3O2. The first-order valence-corrected chi connectivity index (χ1v) is 9.39. The molecule has 0 spiro atoms. The van der Waals surface area contributed by atoms with Crippen LogP contribution in [0.25, 0.3) is 16.5 Å². The molecule has 4 rings (SSSR count). The van der Waals surface area contributed by atoms with Crippen LogP contribution in [-0.2, 0) is 6.54 Å². The Kier molecular flexibility index (Phi) is 4.98. The molecule has 1 aliphatic heterocycles. The number of nitrogens with one attached hydrogen (secondary N) is 2. The van der Waals surface area contributed by atoms with E-state index in [2.05, 4.69) is 40.4 Å². The van der Waals surface area contributed by atoms with Gasteiger partial charge >= 0.3 is 0 Å². The molecule has 0 fully saturated rings.